The Labute approximate surface area is 261 Å². The summed E-state index contributed by atoms with van der Waals surface area (Å²) in [5.41, 5.74) is 2.70. The minimum absolute atomic E-state index is 0.297. The number of thioether (sulfide) groups is 1. The molecule has 2 unspecified atom stereocenters. The average molecular weight is 606 g/mol. The molecule has 0 heterocycles. The Bertz CT molecular complexity index is 1380. The first kappa shape index (κ1) is 34.0. The number of amides is 3. The fourth-order valence-electron chi connectivity index (χ4n) is 5.16. The van der Waals surface area contributed by atoms with E-state index in [9.17, 15) is 14.4 Å². The number of rotatable bonds is 13. The molecule has 3 rings (SSSR count). The number of aryl methyl sites for hydroxylation is 2. The number of hydrogen-bond donors (Lipinski definition) is 2. The van der Waals surface area contributed by atoms with E-state index in [-0.39, 0.29) is 11.8 Å². The van der Waals surface area contributed by atoms with Crippen molar-refractivity contribution in [3.8, 4) is 0 Å². The quantitative estimate of drug-likeness (QED) is 0.194. The van der Waals surface area contributed by atoms with Crippen LogP contribution < -0.4 is 10.6 Å². The van der Waals surface area contributed by atoms with Gasteiger partial charge >= 0.3 is 6.09 Å². The van der Waals surface area contributed by atoms with E-state index < -0.39 is 23.8 Å². The Balaban J connectivity index is 2.05. The number of nitrogens with zero attached hydrogens (tertiary/aromatic N) is 1. The first-order valence-corrected chi connectivity index (χ1v) is 16.5. The van der Waals surface area contributed by atoms with Crippen LogP contribution in [0.5, 0.6) is 0 Å². The second kappa shape index (κ2) is 15.8. The summed E-state index contributed by atoms with van der Waals surface area (Å²) in [6.07, 6.45) is 4.33. The van der Waals surface area contributed by atoms with Crippen molar-refractivity contribution < 1.29 is 19.1 Å². The lowest BCUT2D eigenvalue weighted by Crippen LogP contribution is -2.52. The number of fused-ring (bicyclic) bond motifs is 1. The van der Waals surface area contributed by atoms with Crippen molar-refractivity contribution in [1.29, 1.82) is 0 Å². The lowest BCUT2D eigenvalue weighted by molar-refractivity contribution is -0.141. The number of hydrogen-bond acceptors (Lipinski definition) is 5. The molecule has 0 aliphatic carbocycles. The van der Waals surface area contributed by atoms with Gasteiger partial charge in [0.1, 0.15) is 17.7 Å². The number of nitrogens with one attached hydrogen (secondary N) is 2. The molecule has 3 aromatic carbocycles. The number of carbonyl (C=O) groups excluding carboxylic acids is 3. The van der Waals surface area contributed by atoms with Crippen LogP contribution in [-0.2, 0) is 14.3 Å². The van der Waals surface area contributed by atoms with E-state index in [4.69, 9.17) is 4.74 Å². The van der Waals surface area contributed by atoms with Crippen molar-refractivity contribution in [3.05, 3.63) is 77.4 Å². The zero-order valence-corrected chi connectivity index (χ0v) is 27.5. The highest BCUT2D eigenvalue weighted by Gasteiger charge is 2.36. The normalized spacial score (nSPS) is 12.8. The van der Waals surface area contributed by atoms with Gasteiger partial charge in [-0.2, -0.15) is 11.8 Å². The van der Waals surface area contributed by atoms with Crippen LogP contribution in [0.2, 0.25) is 0 Å². The van der Waals surface area contributed by atoms with Crippen molar-refractivity contribution in [2.75, 3.05) is 23.9 Å². The summed E-state index contributed by atoms with van der Waals surface area (Å²) < 4.78 is 5.51. The lowest BCUT2D eigenvalue weighted by atomic mass is 9.97. The molecule has 0 aliphatic heterocycles. The SMILES string of the molecule is CCCCCN(C(=O)C(CCSC)NC(=O)OC(C)(C)C)C(C(=O)Nc1ccc2ccccc2c1)c1cc(C)cc(C)c1. The van der Waals surface area contributed by atoms with Gasteiger partial charge in [0.2, 0.25) is 5.91 Å². The molecular weight excluding hydrogens is 558 g/mol. The van der Waals surface area contributed by atoms with Crippen molar-refractivity contribution in [2.45, 2.75) is 84.9 Å². The number of carbonyl (C=O) groups is 3. The first-order valence-electron chi connectivity index (χ1n) is 15.1. The molecule has 0 spiro atoms. The molecule has 3 aromatic rings. The van der Waals surface area contributed by atoms with Crippen LogP contribution in [0.15, 0.2) is 60.7 Å². The Kier molecular flexibility index (Phi) is 12.5. The van der Waals surface area contributed by atoms with Crippen LogP contribution in [0.3, 0.4) is 0 Å². The third-order valence-electron chi connectivity index (χ3n) is 7.02. The molecule has 3 amide bonds. The molecule has 0 radical (unpaired) electrons. The highest BCUT2D eigenvalue weighted by atomic mass is 32.2. The van der Waals surface area contributed by atoms with Gasteiger partial charge in [0.15, 0.2) is 0 Å². The molecule has 0 saturated heterocycles. The summed E-state index contributed by atoms with van der Waals surface area (Å²) in [6, 6.07) is 18.0. The third-order valence-corrected chi connectivity index (χ3v) is 7.67. The van der Waals surface area contributed by atoms with Crippen LogP contribution in [0, 0.1) is 13.8 Å². The molecule has 0 aliphatic rings. The van der Waals surface area contributed by atoms with Crippen LogP contribution in [0.1, 0.15) is 76.1 Å². The Morgan fingerprint density at radius 2 is 1.60 bits per heavy atom. The smallest absolute Gasteiger partial charge is 0.408 e. The van der Waals surface area contributed by atoms with Crippen LogP contribution in [0.25, 0.3) is 10.8 Å². The monoisotopic (exact) mass is 605 g/mol. The second-order valence-electron chi connectivity index (χ2n) is 12.1. The predicted octanol–water partition coefficient (Wildman–Crippen LogP) is 7.80. The van der Waals surface area contributed by atoms with E-state index in [1.54, 1.807) is 37.4 Å². The number of benzene rings is 3. The molecule has 7 nitrogen and oxygen atoms in total. The molecule has 2 N–H and O–H groups in total. The zero-order valence-electron chi connectivity index (χ0n) is 26.7. The summed E-state index contributed by atoms with van der Waals surface area (Å²) in [5.74, 6) is 0.0619. The predicted molar refractivity (Wildman–Crippen MR) is 179 cm³/mol. The zero-order chi connectivity index (χ0) is 31.6. The topological polar surface area (TPSA) is 87.7 Å². The maximum Gasteiger partial charge on any atom is 0.408 e. The van der Waals surface area contributed by atoms with E-state index in [0.29, 0.717) is 24.4 Å². The van der Waals surface area contributed by atoms with Crippen molar-refractivity contribution >= 4 is 46.1 Å². The third kappa shape index (κ3) is 10.3. The molecule has 232 valence electrons. The molecular formula is C35H47N3O4S. The highest BCUT2D eigenvalue weighted by molar-refractivity contribution is 7.98. The molecule has 0 saturated carbocycles. The fraction of sp³-hybridized carbons (Fsp3) is 0.457. The molecule has 2 atom stereocenters. The summed E-state index contributed by atoms with van der Waals surface area (Å²) >= 11 is 1.60. The van der Waals surface area contributed by atoms with E-state index in [1.807, 2.05) is 74.7 Å². The van der Waals surface area contributed by atoms with E-state index in [1.165, 1.54) is 0 Å². The molecule has 0 aromatic heterocycles. The van der Waals surface area contributed by atoms with Gasteiger partial charge in [-0.1, -0.05) is 79.4 Å². The summed E-state index contributed by atoms with van der Waals surface area (Å²) in [7, 11) is 0. The second-order valence-corrected chi connectivity index (χ2v) is 13.1. The van der Waals surface area contributed by atoms with Gasteiger partial charge in [0.25, 0.3) is 5.91 Å². The summed E-state index contributed by atoms with van der Waals surface area (Å²) in [5, 5.41) is 8.01. The number of unbranched alkanes of at least 4 members (excludes halogenated alkanes) is 2. The fourth-order valence-corrected chi connectivity index (χ4v) is 5.63. The van der Waals surface area contributed by atoms with E-state index in [0.717, 1.165) is 46.7 Å². The maximum atomic E-state index is 14.4. The van der Waals surface area contributed by atoms with E-state index in [2.05, 4.69) is 23.6 Å². The van der Waals surface area contributed by atoms with E-state index >= 15 is 0 Å². The minimum Gasteiger partial charge on any atom is -0.444 e. The van der Waals surface area contributed by atoms with Gasteiger partial charge in [-0.15, -0.1) is 0 Å². The van der Waals surface area contributed by atoms with Crippen LogP contribution in [0.4, 0.5) is 10.5 Å². The van der Waals surface area contributed by atoms with Gasteiger partial charge < -0.3 is 20.3 Å². The molecule has 43 heavy (non-hydrogen) atoms. The highest BCUT2D eigenvalue weighted by Crippen LogP contribution is 2.28. The standard InChI is InChI=1S/C35H47N3O4S/c1-8-9-12-18-38(33(40)30(17-19-43-7)37-34(41)42-35(4,5)6)31(28-21-24(2)20-25(3)22-28)32(39)36-29-16-15-26-13-10-11-14-27(26)23-29/h10-11,13-16,20-23,30-31H,8-9,12,17-19H2,1-7H3,(H,36,39)(H,37,41). The molecule has 8 heteroatoms. The van der Waals surface area contributed by atoms with Crippen LogP contribution >= 0.6 is 11.8 Å². The van der Waals surface area contributed by atoms with Gasteiger partial charge in [0.05, 0.1) is 0 Å². The average Bonchev–Trinajstić information content (AvgIpc) is 2.92. The number of alkyl carbamates (subject to hydrolysis) is 1. The van der Waals surface area contributed by atoms with Crippen molar-refractivity contribution in [2.24, 2.45) is 0 Å². The number of anilines is 1. The Morgan fingerprint density at radius 3 is 2.23 bits per heavy atom. The maximum absolute atomic E-state index is 14.4. The lowest BCUT2D eigenvalue weighted by Gasteiger charge is -2.35. The van der Waals surface area contributed by atoms with Crippen molar-refractivity contribution in [1.82, 2.24) is 10.2 Å². The summed E-state index contributed by atoms with van der Waals surface area (Å²) in [6.45, 7) is 11.8. The van der Waals surface area contributed by atoms with Gasteiger partial charge in [0, 0.05) is 12.2 Å². The Morgan fingerprint density at radius 1 is 0.930 bits per heavy atom. The van der Waals surface area contributed by atoms with Gasteiger partial charge in [-0.05, 0) is 87.9 Å². The van der Waals surface area contributed by atoms with Gasteiger partial charge in [-0.25, -0.2) is 4.79 Å². The van der Waals surface area contributed by atoms with Gasteiger partial charge in [-0.3, -0.25) is 9.59 Å². The summed E-state index contributed by atoms with van der Waals surface area (Å²) in [4.78, 5) is 43.2. The molecule has 0 bridgehead atoms. The molecule has 0 fully saturated rings. The van der Waals surface area contributed by atoms with Crippen molar-refractivity contribution in [3.63, 3.8) is 0 Å². The number of ether oxygens (including phenoxy) is 1. The first-order chi connectivity index (χ1) is 20.4. The largest absolute Gasteiger partial charge is 0.444 e. The minimum atomic E-state index is -0.897. The van der Waals surface area contributed by atoms with Crippen LogP contribution in [-0.4, -0.2) is 53.0 Å². The Hall–Kier alpha value is -3.52.